The maximum Gasteiger partial charge on any atom is 0.159 e. The van der Waals surface area contributed by atoms with E-state index in [-0.39, 0.29) is 23.0 Å². The van der Waals surface area contributed by atoms with Gasteiger partial charge in [0.25, 0.3) is 0 Å². The number of rotatable bonds is 6. The van der Waals surface area contributed by atoms with Crippen LogP contribution in [0.25, 0.3) is 0 Å². The quantitative estimate of drug-likeness (QED) is 0.401. The summed E-state index contributed by atoms with van der Waals surface area (Å²) < 4.78 is 6.36. The van der Waals surface area contributed by atoms with Crippen LogP contribution in [0.2, 0.25) is 0 Å². The molecule has 33 heavy (non-hydrogen) atoms. The average molecular weight is 457 g/mol. The SMILES string of the molecule is CC(C)CCC[C@H](C)[C@@H]1CC[C@@H]2[C@H]3C(=O)C=C4C[C@@H](OC(C)(C)C)CC[C@]4(C)[C@@H]3CC[C@]21C. The summed E-state index contributed by atoms with van der Waals surface area (Å²) in [5.41, 5.74) is 1.87. The van der Waals surface area contributed by atoms with Crippen molar-refractivity contribution in [1.29, 1.82) is 0 Å². The van der Waals surface area contributed by atoms with E-state index in [1.54, 1.807) is 0 Å². The molecule has 0 aromatic carbocycles. The van der Waals surface area contributed by atoms with Crippen molar-refractivity contribution in [2.45, 2.75) is 131 Å². The van der Waals surface area contributed by atoms with Crippen LogP contribution in [-0.2, 0) is 9.53 Å². The Hall–Kier alpha value is -0.630. The number of ketones is 1. The van der Waals surface area contributed by atoms with Gasteiger partial charge in [-0.2, -0.15) is 0 Å². The summed E-state index contributed by atoms with van der Waals surface area (Å²) in [5.74, 6) is 4.29. The first-order valence-electron chi connectivity index (χ1n) is 14.3. The van der Waals surface area contributed by atoms with Crippen molar-refractivity contribution in [3.63, 3.8) is 0 Å². The van der Waals surface area contributed by atoms with Crippen molar-refractivity contribution in [2.24, 2.45) is 46.3 Å². The van der Waals surface area contributed by atoms with Crippen LogP contribution in [0.15, 0.2) is 11.6 Å². The van der Waals surface area contributed by atoms with E-state index < -0.39 is 0 Å². The van der Waals surface area contributed by atoms with Gasteiger partial charge >= 0.3 is 0 Å². The molecular formula is C31H52O2. The van der Waals surface area contributed by atoms with Crippen LogP contribution in [0.1, 0.15) is 120 Å². The van der Waals surface area contributed by atoms with Crippen molar-refractivity contribution in [3.8, 4) is 0 Å². The fourth-order valence-corrected chi connectivity index (χ4v) is 8.99. The van der Waals surface area contributed by atoms with Crippen LogP contribution in [0.5, 0.6) is 0 Å². The summed E-state index contributed by atoms with van der Waals surface area (Å²) in [6.45, 7) is 18.7. The first kappa shape index (κ1) is 25.5. The molecule has 0 aromatic heterocycles. The minimum absolute atomic E-state index is 0.114. The average Bonchev–Trinajstić information content (AvgIpc) is 3.05. The van der Waals surface area contributed by atoms with E-state index >= 15 is 0 Å². The van der Waals surface area contributed by atoms with Gasteiger partial charge in [-0.25, -0.2) is 0 Å². The standard InChI is InChI=1S/C31H52O2/c1-20(2)10-9-11-21(3)24-12-13-25-28-26(15-17-31(24,25)8)30(7)16-14-23(33-29(4,5)6)18-22(30)19-27(28)32/h19-21,23-26,28H,9-18H2,1-8H3/t21-,23-,24-,25+,26+,28+,30-,31-/m0/s1. The van der Waals surface area contributed by atoms with E-state index in [0.29, 0.717) is 23.0 Å². The second-order valence-corrected chi connectivity index (χ2v) is 14.4. The lowest BCUT2D eigenvalue weighted by Crippen LogP contribution is -2.54. The molecule has 0 heterocycles. The van der Waals surface area contributed by atoms with Crippen molar-refractivity contribution in [1.82, 2.24) is 0 Å². The first-order valence-corrected chi connectivity index (χ1v) is 14.3. The number of carbonyl (C=O) groups is 1. The molecule has 4 aliphatic rings. The molecule has 0 aliphatic heterocycles. The Morgan fingerprint density at radius 2 is 1.73 bits per heavy atom. The summed E-state index contributed by atoms with van der Waals surface area (Å²) >= 11 is 0. The van der Waals surface area contributed by atoms with Crippen LogP contribution < -0.4 is 0 Å². The topological polar surface area (TPSA) is 26.3 Å². The highest BCUT2D eigenvalue weighted by molar-refractivity contribution is 5.94. The third-order valence-electron chi connectivity index (χ3n) is 10.6. The van der Waals surface area contributed by atoms with Gasteiger partial charge in [0.15, 0.2) is 5.78 Å². The predicted molar refractivity (Wildman–Crippen MR) is 138 cm³/mol. The van der Waals surface area contributed by atoms with E-state index in [1.165, 1.54) is 56.9 Å². The summed E-state index contributed by atoms with van der Waals surface area (Å²) in [4.78, 5) is 13.7. The zero-order valence-electron chi connectivity index (χ0n) is 23.0. The second-order valence-electron chi connectivity index (χ2n) is 14.4. The highest BCUT2D eigenvalue weighted by Crippen LogP contribution is 2.66. The van der Waals surface area contributed by atoms with Crippen molar-refractivity contribution in [2.75, 3.05) is 0 Å². The van der Waals surface area contributed by atoms with Crippen LogP contribution in [0, 0.1) is 46.3 Å². The van der Waals surface area contributed by atoms with Crippen molar-refractivity contribution in [3.05, 3.63) is 11.6 Å². The number of allylic oxidation sites excluding steroid dienone is 1. The highest BCUT2D eigenvalue weighted by atomic mass is 16.5. The Morgan fingerprint density at radius 1 is 1.00 bits per heavy atom. The lowest BCUT2D eigenvalue weighted by atomic mass is 9.46. The lowest BCUT2D eigenvalue weighted by molar-refractivity contribution is -0.137. The van der Waals surface area contributed by atoms with Crippen LogP contribution in [-0.4, -0.2) is 17.5 Å². The van der Waals surface area contributed by atoms with Crippen molar-refractivity contribution < 1.29 is 9.53 Å². The normalized spacial score (nSPS) is 41.9. The Kier molecular flexibility index (Phi) is 7.03. The van der Waals surface area contributed by atoms with Gasteiger partial charge < -0.3 is 4.74 Å². The monoisotopic (exact) mass is 456 g/mol. The molecule has 3 fully saturated rings. The van der Waals surface area contributed by atoms with Gasteiger partial charge in [0, 0.05) is 5.92 Å². The van der Waals surface area contributed by atoms with E-state index in [2.05, 4.69) is 61.5 Å². The molecule has 0 bridgehead atoms. The van der Waals surface area contributed by atoms with Gasteiger partial charge in [0.05, 0.1) is 11.7 Å². The van der Waals surface area contributed by atoms with Gasteiger partial charge in [0.1, 0.15) is 0 Å². The fraction of sp³-hybridized carbons (Fsp3) is 0.903. The Bertz CT molecular complexity index is 757. The van der Waals surface area contributed by atoms with E-state index in [9.17, 15) is 4.79 Å². The largest absolute Gasteiger partial charge is 0.372 e. The summed E-state index contributed by atoms with van der Waals surface area (Å²) in [7, 11) is 0. The maximum atomic E-state index is 13.7. The summed E-state index contributed by atoms with van der Waals surface area (Å²) in [5, 5.41) is 0. The number of ether oxygens (including phenoxy) is 1. The third kappa shape index (κ3) is 4.76. The molecule has 0 N–H and O–H groups in total. The zero-order valence-corrected chi connectivity index (χ0v) is 23.0. The van der Waals surface area contributed by atoms with Gasteiger partial charge in [-0.15, -0.1) is 0 Å². The smallest absolute Gasteiger partial charge is 0.159 e. The van der Waals surface area contributed by atoms with E-state index in [0.717, 1.165) is 30.6 Å². The molecule has 4 rings (SSSR count). The van der Waals surface area contributed by atoms with Gasteiger partial charge in [0.2, 0.25) is 0 Å². The molecule has 2 nitrogen and oxygen atoms in total. The predicted octanol–water partition coefficient (Wildman–Crippen LogP) is 8.39. The van der Waals surface area contributed by atoms with E-state index in [4.69, 9.17) is 4.74 Å². The summed E-state index contributed by atoms with van der Waals surface area (Å²) in [6.07, 6.45) is 14.9. The first-order chi connectivity index (χ1) is 15.3. The molecule has 0 radical (unpaired) electrons. The number of carbonyl (C=O) groups excluding carboxylic acids is 1. The van der Waals surface area contributed by atoms with E-state index in [1.807, 2.05) is 0 Å². The number of hydrogen-bond acceptors (Lipinski definition) is 2. The molecule has 3 saturated carbocycles. The molecule has 4 aliphatic carbocycles. The Balaban J connectivity index is 1.51. The molecule has 188 valence electrons. The second kappa shape index (κ2) is 9.11. The van der Waals surface area contributed by atoms with Gasteiger partial charge in [-0.3, -0.25) is 4.79 Å². The zero-order chi connectivity index (χ0) is 24.2. The molecule has 2 heteroatoms. The van der Waals surface area contributed by atoms with Crippen LogP contribution in [0.4, 0.5) is 0 Å². The third-order valence-corrected chi connectivity index (χ3v) is 10.6. The van der Waals surface area contributed by atoms with Gasteiger partial charge in [-0.05, 0) is 112 Å². The molecule has 0 saturated heterocycles. The Labute approximate surface area is 204 Å². The number of hydrogen-bond donors (Lipinski definition) is 0. The molecular weight excluding hydrogens is 404 g/mol. The molecule has 0 unspecified atom stereocenters. The molecule has 0 amide bonds. The maximum absolute atomic E-state index is 13.7. The summed E-state index contributed by atoms with van der Waals surface area (Å²) in [6, 6.07) is 0. The lowest BCUT2D eigenvalue weighted by Gasteiger charge is -2.58. The minimum atomic E-state index is -0.114. The highest BCUT2D eigenvalue weighted by Gasteiger charge is 2.61. The van der Waals surface area contributed by atoms with Crippen LogP contribution >= 0.6 is 0 Å². The van der Waals surface area contributed by atoms with Crippen molar-refractivity contribution >= 4 is 5.78 Å². The molecule has 8 atom stereocenters. The fourth-order valence-electron chi connectivity index (χ4n) is 8.99. The van der Waals surface area contributed by atoms with Crippen LogP contribution in [0.3, 0.4) is 0 Å². The molecule has 0 spiro atoms. The number of fused-ring (bicyclic) bond motifs is 5. The minimum Gasteiger partial charge on any atom is -0.372 e. The Morgan fingerprint density at radius 3 is 2.39 bits per heavy atom. The molecule has 0 aromatic rings. The van der Waals surface area contributed by atoms with Gasteiger partial charge in [-0.1, -0.05) is 59.5 Å².